The Bertz CT molecular complexity index is 566. The number of nitrogen functional groups attached to an aromatic ring is 1. The van der Waals surface area contributed by atoms with Gasteiger partial charge in [-0.3, -0.25) is 0 Å². The molecule has 0 atom stereocenters. The SMILES string of the molecule is Cn1ncnc1Sc1cc(C(F)(F)F)nc(N)n1. The zero-order valence-electron chi connectivity index (χ0n) is 9.01. The molecule has 2 heterocycles. The lowest BCUT2D eigenvalue weighted by Crippen LogP contribution is -2.11. The molecule has 2 N–H and O–H groups in total. The number of rotatable bonds is 2. The minimum atomic E-state index is -4.56. The summed E-state index contributed by atoms with van der Waals surface area (Å²) >= 11 is 0.924. The van der Waals surface area contributed by atoms with Gasteiger partial charge in [0.05, 0.1) is 0 Å². The van der Waals surface area contributed by atoms with Crippen LogP contribution in [0.25, 0.3) is 0 Å². The smallest absolute Gasteiger partial charge is 0.368 e. The van der Waals surface area contributed by atoms with Crippen LogP contribution in [0.2, 0.25) is 0 Å². The van der Waals surface area contributed by atoms with E-state index in [4.69, 9.17) is 5.73 Å². The summed E-state index contributed by atoms with van der Waals surface area (Å²) < 4.78 is 39.0. The molecule has 0 aliphatic rings. The second-order valence-corrected chi connectivity index (χ2v) is 4.20. The zero-order chi connectivity index (χ0) is 13.3. The number of anilines is 1. The third-order valence-electron chi connectivity index (χ3n) is 1.88. The first-order chi connectivity index (χ1) is 8.36. The van der Waals surface area contributed by atoms with Crippen molar-refractivity contribution in [1.82, 2.24) is 24.7 Å². The van der Waals surface area contributed by atoms with E-state index in [1.165, 1.54) is 11.0 Å². The molecule has 6 nitrogen and oxygen atoms in total. The van der Waals surface area contributed by atoms with E-state index in [2.05, 4.69) is 20.1 Å². The van der Waals surface area contributed by atoms with Gasteiger partial charge >= 0.3 is 6.18 Å². The molecular weight excluding hydrogens is 269 g/mol. The van der Waals surface area contributed by atoms with Crippen molar-refractivity contribution in [3.8, 4) is 0 Å². The van der Waals surface area contributed by atoms with Gasteiger partial charge in [-0.25, -0.2) is 19.6 Å². The molecule has 0 fully saturated rings. The minimum Gasteiger partial charge on any atom is -0.368 e. The third kappa shape index (κ3) is 2.70. The van der Waals surface area contributed by atoms with Crippen LogP contribution in [0.1, 0.15) is 5.69 Å². The summed E-state index contributed by atoms with van der Waals surface area (Å²) in [6, 6.07) is 0.815. The van der Waals surface area contributed by atoms with Crippen molar-refractivity contribution in [1.29, 1.82) is 0 Å². The van der Waals surface area contributed by atoms with Crippen LogP contribution in [0.3, 0.4) is 0 Å². The molecule has 2 rings (SSSR count). The van der Waals surface area contributed by atoms with Gasteiger partial charge in [-0.15, -0.1) is 0 Å². The van der Waals surface area contributed by atoms with E-state index in [9.17, 15) is 13.2 Å². The van der Waals surface area contributed by atoms with Gasteiger partial charge in [0, 0.05) is 13.1 Å². The van der Waals surface area contributed by atoms with Gasteiger partial charge in [0.2, 0.25) is 5.95 Å². The van der Waals surface area contributed by atoms with Crippen molar-refractivity contribution in [2.75, 3.05) is 5.73 Å². The summed E-state index contributed by atoms with van der Waals surface area (Å²) in [6.07, 6.45) is -3.27. The van der Waals surface area contributed by atoms with Gasteiger partial charge in [0.1, 0.15) is 11.4 Å². The van der Waals surface area contributed by atoms with Gasteiger partial charge < -0.3 is 5.73 Å². The van der Waals surface area contributed by atoms with Gasteiger partial charge in [-0.1, -0.05) is 0 Å². The standard InChI is InChI=1S/C8H7F3N6S/c1-17-7(13-3-14-17)18-5-2-4(8(9,10)11)15-6(12)16-5/h2-3H,1H3,(H2,12,15,16). The molecule has 0 spiro atoms. The highest BCUT2D eigenvalue weighted by atomic mass is 32.2. The lowest BCUT2D eigenvalue weighted by molar-refractivity contribution is -0.141. The highest BCUT2D eigenvalue weighted by molar-refractivity contribution is 7.99. The third-order valence-corrected chi connectivity index (χ3v) is 2.85. The summed E-state index contributed by atoms with van der Waals surface area (Å²) in [4.78, 5) is 10.7. The van der Waals surface area contributed by atoms with E-state index in [-0.39, 0.29) is 5.03 Å². The maximum absolute atomic E-state index is 12.5. The summed E-state index contributed by atoms with van der Waals surface area (Å²) in [5.74, 6) is -0.436. The topological polar surface area (TPSA) is 82.5 Å². The Kier molecular flexibility index (Phi) is 3.11. The number of hydrogen-bond acceptors (Lipinski definition) is 6. The summed E-state index contributed by atoms with van der Waals surface area (Å²) in [6.45, 7) is 0. The Balaban J connectivity index is 2.35. The Morgan fingerprint density at radius 3 is 2.61 bits per heavy atom. The number of halogens is 3. The Morgan fingerprint density at radius 1 is 1.33 bits per heavy atom. The maximum atomic E-state index is 12.5. The summed E-state index contributed by atoms with van der Waals surface area (Å²) in [7, 11) is 1.62. The molecule has 0 aliphatic carbocycles. The van der Waals surface area contributed by atoms with E-state index in [0.717, 1.165) is 17.8 Å². The second-order valence-electron chi connectivity index (χ2n) is 3.22. The molecule has 2 aromatic heterocycles. The second kappa shape index (κ2) is 4.44. The number of alkyl halides is 3. The van der Waals surface area contributed by atoms with Crippen LogP contribution in [0.4, 0.5) is 19.1 Å². The van der Waals surface area contributed by atoms with Crippen molar-refractivity contribution >= 4 is 17.7 Å². The van der Waals surface area contributed by atoms with Crippen LogP contribution < -0.4 is 5.73 Å². The zero-order valence-corrected chi connectivity index (χ0v) is 9.83. The van der Waals surface area contributed by atoms with E-state index in [1.54, 1.807) is 7.05 Å². The van der Waals surface area contributed by atoms with Gasteiger partial charge in [0.15, 0.2) is 10.9 Å². The minimum absolute atomic E-state index is 0.0610. The number of aromatic nitrogens is 5. The highest BCUT2D eigenvalue weighted by Crippen LogP contribution is 2.31. The van der Waals surface area contributed by atoms with Crippen LogP contribution in [0.5, 0.6) is 0 Å². The average Bonchev–Trinajstić information content (AvgIpc) is 2.62. The Labute approximate surface area is 103 Å². The molecule has 18 heavy (non-hydrogen) atoms. The Morgan fingerprint density at radius 2 is 2.06 bits per heavy atom. The lowest BCUT2D eigenvalue weighted by Gasteiger charge is -2.07. The highest BCUT2D eigenvalue weighted by Gasteiger charge is 2.33. The van der Waals surface area contributed by atoms with Gasteiger partial charge in [0.25, 0.3) is 0 Å². The fourth-order valence-corrected chi connectivity index (χ4v) is 1.89. The monoisotopic (exact) mass is 276 g/mol. The molecule has 0 unspecified atom stereocenters. The first-order valence-electron chi connectivity index (χ1n) is 4.60. The first-order valence-corrected chi connectivity index (χ1v) is 5.41. The molecule has 0 saturated carbocycles. The van der Waals surface area contributed by atoms with Crippen molar-refractivity contribution in [3.63, 3.8) is 0 Å². The van der Waals surface area contributed by atoms with E-state index >= 15 is 0 Å². The van der Waals surface area contributed by atoms with Gasteiger partial charge in [-0.2, -0.15) is 18.3 Å². The average molecular weight is 276 g/mol. The molecule has 2 aromatic rings. The van der Waals surface area contributed by atoms with Crippen LogP contribution in [-0.2, 0) is 13.2 Å². The molecule has 0 aromatic carbocycles. The van der Waals surface area contributed by atoms with Crippen LogP contribution in [0, 0.1) is 0 Å². The predicted octanol–water partition coefficient (Wildman–Crippen LogP) is 1.36. The van der Waals surface area contributed by atoms with E-state index in [1.807, 2.05) is 0 Å². The van der Waals surface area contributed by atoms with Crippen molar-refractivity contribution < 1.29 is 13.2 Å². The quantitative estimate of drug-likeness (QED) is 0.834. The van der Waals surface area contributed by atoms with Crippen LogP contribution >= 0.6 is 11.8 Å². The normalized spacial score (nSPS) is 11.8. The molecule has 0 aliphatic heterocycles. The lowest BCUT2D eigenvalue weighted by atomic mass is 10.4. The fraction of sp³-hybridized carbons (Fsp3) is 0.250. The molecule has 0 bridgehead atoms. The molecule has 0 radical (unpaired) electrons. The molecule has 96 valence electrons. The molecule has 10 heteroatoms. The number of hydrogen-bond donors (Lipinski definition) is 1. The largest absolute Gasteiger partial charge is 0.433 e. The van der Waals surface area contributed by atoms with Crippen molar-refractivity contribution in [3.05, 3.63) is 18.1 Å². The van der Waals surface area contributed by atoms with E-state index < -0.39 is 17.8 Å². The number of nitrogens with two attached hydrogens (primary N) is 1. The van der Waals surface area contributed by atoms with Gasteiger partial charge in [-0.05, 0) is 11.8 Å². The predicted molar refractivity (Wildman–Crippen MR) is 56.6 cm³/mol. The summed E-state index contributed by atoms with van der Waals surface area (Å²) in [5.41, 5.74) is 4.16. The first kappa shape index (κ1) is 12.6. The number of aryl methyl sites for hydroxylation is 1. The van der Waals surface area contributed by atoms with Crippen LogP contribution in [-0.4, -0.2) is 24.7 Å². The molecule has 0 saturated heterocycles. The van der Waals surface area contributed by atoms with E-state index in [0.29, 0.717) is 5.16 Å². The molecule has 0 amide bonds. The summed E-state index contributed by atoms with van der Waals surface area (Å²) in [5, 5.41) is 4.26. The number of nitrogens with zero attached hydrogens (tertiary/aromatic N) is 5. The van der Waals surface area contributed by atoms with Crippen LogP contribution in [0.15, 0.2) is 22.6 Å². The van der Waals surface area contributed by atoms with Crippen molar-refractivity contribution in [2.24, 2.45) is 7.05 Å². The fourth-order valence-electron chi connectivity index (χ4n) is 1.11. The Hall–Kier alpha value is -1.84. The molecular formula is C8H7F3N6S. The maximum Gasteiger partial charge on any atom is 0.433 e. The van der Waals surface area contributed by atoms with Crippen molar-refractivity contribution in [2.45, 2.75) is 16.4 Å².